The van der Waals surface area contributed by atoms with Gasteiger partial charge in [0.05, 0.1) is 25.4 Å². The standard InChI is InChI=1S/C28H32N2O4/c1-4-33-28(31)22-12-11-20(2)25(16-22)30(19-21-8-7-15-29-18-21)23-13-14-26(32-3)27(17-23)34-24-9-5-6-10-24/h7-8,11-18,24H,4-6,9-10,19H2,1-3H3. The molecule has 4 rings (SSSR count). The summed E-state index contributed by atoms with van der Waals surface area (Å²) in [4.78, 5) is 18.9. The highest BCUT2D eigenvalue weighted by Gasteiger charge is 2.21. The summed E-state index contributed by atoms with van der Waals surface area (Å²) in [5, 5.41) is 0. The normalized spacial score (nSPS) is 13.5. The van der Waals surface area contributed by atoms with Crippen molar-refractivity contribution in [3.8, 4) is 11.5 Å². The number of hydrogen-bond acceptors (Lipinski definition) is 6. The Morgan fingerprint density at radius 1 is 1.09 bits per heavy atom. The zero-order chi connectivity index (χ0) is 23.9. The predicted molar refractivity (Wildman–Crippen MR) is 133 cm³/mol. The minimum atomic E-state index is -0.329. The van der Waals surface area contributed by atoms with Crippen LogP contribution < -0.4 is 14.4 Å². The molecule has 0 atom stereocenters. The summed E-state index contributed by atoms with van der Waals surface area (Å²) in [7, 11) is 1.66. The molecule has 0 unspecified atom stereocenters. The number of benzene rings is 2. The second-order valence-electron chi connectivity index (χ2n) is 8.53. The smallest absolute Gasteiger partial charge is 0.338 e. The van der Waals surface area contributed by atoms with E-state index in [0.29, 0.717) is 24.5 Å². The Kier molecular flexibility index (Phi) is 7.68. The Bertz CT molecular complexity index is 1110. The maximum atomic E-state index is 12.5. The largest absolute Gasteiger partial charge is 0.493 e. The topological polar surface area (TPSA) is 60.9 Å². The summed E-state index contributed by atoms with van der Waals surface area (Å²) in [6.45, 7) is 4.77. The number of ether oxygens (including phenoxy) is 3. The number of rotatable bonds is 9. The first-order chi connectivity index (χ1) is 16.6. The highest BCUT2D eigenvalue weighted by molar-refractivity contribution is 5.91. The lowest BCUT2D eigenvalue weighted by Gasteiger charge is -2.28. The van der Waals surface area contributed by atoms with Crippen LogP contribution in [0.5, 0.6) is 11.5 Å². The maximum Gasteiger partial charge on any atom is 0.338 e. The van der Waals surface area contributed by atoms with Crippen molar-refractivity contribution < 1.29 is 19.0 Å². The predicted octanol–water partition coefficient (Wildman–Crippen LogP) is 6.24. The van der Waals surface area contributed by atoms with Gasteiger partial charge in [-0.05, 0) is 81.0 Å². The van der Waals surface area contributed by atoms with Crippen LogP contribution >= 0.6 is 0 Å². The van der Waals surface area contributed by atoms with Gasteiger partial charge in [0.1, 0.15) is 0 Å². The number of hydrogen-bond donors (Lipinski definition) is 0. The third-order valence-corrected chi connectivity index (χ3v) is 6.13. The van der Waals surface area contributed by atoms with E-state index in [0.717, 1.165) is 41.1 Å². The first kappa shape index (κ1) is 23.6. The minimum Gasteiger partial charge on any atom is -0.493 e. The summed E-state index contributed by atoms with van der Waals surface area (Å²) < 4.78 is 17.2. The van der Waals surface area contributed by atoms with E-state index >= 15 is 0 Å². The van der Waals surface area contributed by atoms with E-state index in [9.17, 15) is 4.79 Å². The van der Waals surface area contributed by atoms with Crippen molar-refractivity contribution in [2.45, 2.75) is 52.2 Å². The van der Waals surface area contributed by atoms with Gasteiger partial charge in [-0.15, -0.1) is 0 Å². The summed E-state index contributed by atoms with van der Waals surface area (Å²) in [5.41, 5.74) is 4.49. The molecule has 6 nitrogen and oxygen atoms in total. The Hall–Kier alpha value is -3.54. The van der Waals surface area contributed by atoms with Crippen molar-refractivity contribution in [2.75, 3.05) is 18.6 Å². The van der Waals surface area contributed by atoms with E-state index in [2.05, 4.69) is 9.88 Å². The second kappa shape index (κ2) is 11.1. The SMILES string of the molecule is CCOC(=O)c1ccc(C)c(N(Cc2cccnc2)c2ccc(OC)c(OC3CCCC3)c2)c1. The molecule has 0 aliphatic heterocycles. The molecule has 1 aliphatic rings. The second-order valence-corrected chi connectivity index (χ2v) is 8.53. The molecule has 178 valence electrons. The lowest BCUT2D eigenvalue weighted by atomic mass is 10.1. The fourth-order valence-electron chi connectivity index (χ4n) is 4.34. The number of nitrogens with zero attached hydrogens (tertiary/aromatic N) is 2. The number of esters is 1. The number of carbonyl (C=O) groups excluding carboxylic acids is 1. The number of aromatic nitrogens is 1. The van der Waals surface area contributed by atoms with Gasteiger partial charge in [0.2, 0.25) is 0 Å². The Balaban J connectivity index is 1.76. The van der Waals surface area contributed by atoms with Crippen LogP contribution in [0.1, 0.15) is 54.1 Å². The summed E-state index contributed by atoms with van der Waals surface area (Å²) >= 11 is 0. The summed E-state index contributed by atoms with van der Waals surface area (Å²) in [6.07, 6.45) is 8.35. The average Bonchev–Trinajstić information content (AvgIpc) is 3.37. The number of pyridine rings is 1. The number of aryl methyl sites for hydroxylation is 1. The average molecular weight is 461 g/mol. The van der Waals surface area contributed by atoms with Gasteiger partial charge in [0.25, 0.3) is 0 Å². The van der Waals surface area contributed by atoms with Gasteiger partial charge in [-0.25, -0.2) is 4.79 Å². The molecule has 0 N–H and O–H groups in total. The Morgan fingerprint density at radius 3 is 2.62 bits per heavy atom. The van der Waals surface area contributed by atoms with E-state index in [-0.39, 0.29) is 12.1 Å². The molecule has 0 spiro atoms. The molecule has 1 aliphatic carbocycles. The maximum absolute atomic E-state index is 12.5. The van der Waals surface area contributed by atoms with Crippen LogP contribution in [-0.4, -0.2) is 30.8 Å². The van der Waals surface area contributed by atoms with Crippen molar-refractivity contribution in [3.05, 3.63) is 77.6 Å². The van der Waals surface area contributed by atoms with E-state index in [4.69, 9.17) is 14.2 Å². The van der Waals surface area contributed by atoms with E-state index in [1.165, 1.54) is 12.8 Å². The molecule has 34 heavy (non-hydrogen) atoms. The third-order valence-electron chi connectivity index (χ3n) is 6.13. The van der Waals surface area contributed by atoms with Crippen molar-refractivity contribution in [1.29, 1.82) is 0 Å². The Labute approximate surface area is 201 Å². The lowest BCUT2D eigenvalue weighted by molar-refractivity contribution is 0.0526. The molecule has 3 aromatic rings. The molecule has 1 aromatic heterocycles. The fourth-order valence-corrected chi connectivity index (χ4v) is 4.34. The zero-order valence-corrected chi connectivity index (χ0v) is 20.1. The lowest BCUT2D eigenvalue weighted by Crippen LogP contribution is -2.19. The van der Waals surface area contributed by atoms with Crippen LogP contribution in [0.3, 0.4) is 0 Å². The summed E-state index contributed by atoms with van der Waals surface area (Å²) in [6, 6.07) is 15.6. The van der Waals surface area contributed by atoms with Crippen LogP contribution in [0.25, 0.3) is 0 Å². The number of carbonyl (C=O) groups is 1. The van der Waals surface area contributed by atoms with Crippen molar-refractivity contribution in [3.63, 3.8) is 0 Å². The molecule has 0 saturated heterocycles. The highest BCUT2D eigenvalue weighted by atomic mass is 16.5. The van der Waals surface area contributed by atoms with E-state index in [1.807, 2.05) is 68.6 Å². The molecule has 1 fully saturated rings. The minimum absolute atomic E-state index is 0.213. The van der Waals surface area contributed by atoms with Gasteiger partial charge in [-0.2, -0.15) is 0 Å². The molecule has 0 radical (unpaired) electrons. The van der Waals surface area contributed by atoms with Gasteiger partial charge in [-0.1, -0.05) is 12.1 Å². The third kappa shape index (κ3) is 5.50. The molecule has 1 heterocycles. The highest BCUT2D eigenvalue weighted by Crippen LogP contribution is 2.39. The van der Waals surface area contributed by atoms with Crippen molar-refractivity contribution in [1.82, 2.24) is 4.98 Å². The molecule has 6 heteroatoms. The van der Waals surface area contributed by atoms with Gasteiger partial charge >= 0.3 is 5.97 Å². The number of methoxy groups -OCH3 is 1. The van der Waals surface area contributed by atoms with E-state index < -0.39 is 0 Å². The van der Waals surface area contributed by atoms with Crippen LogP contribution in [0, 0.1) is 6.92 Å². The fraction of sp³-hybridized carbons (Fsp3) is 0.357. The summed E-state index contributed by atoms with van der Waals surface area (Å²) in [5.74, 6) is 1.13. The quantitative estimate of drug-likeness (QED) is 0.353. The molecule has 0 bridgehead atoms. The molecular weight excluding hydrogens is 428 g/mol. The Morgan fingerprint density at radius 2 is 1.91 bits per heavy atom. The number of anilines is 2. The monoisotopic (exact) mass is 460 g/mol. The molecule has 0 amide bonds. The van der Waals surface area contributed by atoms with Crippen LogP contribution in [-0.2, 0) is 11.3 Å². The van der Waals surface area contributed by atoms with Gasteiger partial charge in [0, 0.05) is 36.4 Å². The van der Waals surface area contributed by atoms with Crippen LogP contribution in [0.2, 0.25) is 0 Å². The van der Waals surface area contributed by atoms with Gasteiger partial charge in [-0.3, -0.25) is 4.98 Å². The van der Waals surface area contributed by atoms with Crippen LogP contribution in [0.4, 0.5) is 11.4 Å². The molecule has 1 saturated carbocycles. The van der Waals surface area contributed by atoms with Gasteiger partial charge < -0.3 is 19.1 Å². The first-order valence-electron chi connectivity index (χ1n) is 11.9. The molecular formula is C28H32N2O4. The van der Waals surface area contributed by atoms with Crippen molar-refractivity contribution in [2.24, 2.45) is 0 Å². The van der Waals surface area contributed by atoms with Crippen molar-refractivity contribution >= 4 is 17.3 Å². The molecule has 2 aromatic carbocycles. The van der Waals surface area contributed by atoms with Gasteiger partial charge in [0.15, 0.2) is 11.5 Å². The van der Waals surface area contributed by atoms with Crippen LogP contribution in [0.15, 0.2) is 60.9 Å². The first-order valence-corrected chi connectivity index (χ1v) is 11.9. The van der Waals surface area contributed by atoms with E-state index in [1.54, 1.807) is 13.3 Å². The zero-order valence-electron chi connectivity index (χ0n) is 20.1.